The minimum Gasteiger partial charge on any atom is -0.381 e. The first kappa shape index (κ1) is 12.1. The van der Waals surface area contributed by atoms with Crippen molar-refractivity contribution in [3.05, 3.63) is 11.7 Å². The Morgan fingerprint density at radius 2 is 2.00 bits per heavy atom. The monoisotopic (exact) mass is 251 g/mol. The highest BCUT2D eigenvalue weighted by atomic mass is 16.5. The molecule has 2 N–H and O–H groups in total. The van der Waals surface area contributed by atoms with Crippen LogP contribution in [0.3, 0.4) is 0 Å². The highest BCUT2D eigenvalue weighted by Crippen LogP contribution is 2.32. The fourth-order valence-electron chi connectivity index (χ4n) is 2.98. The summed E-state index contributed by atoms with van der Waals surface area (Å²) in [4.78, 5) is 4.58. The van der Waals surface area contributed by atoms with E-state index in [-0.39, 0.29) is 6.04 Å². The number of hydrogen-bond acceptors (Lipinski definition) is 5. The van der Waals surface area contributed by atoms with Crippen molar-refractivity contribution in [2.75, 3.05) is 13.2 Å². The summed E-state index contributed by atoms with van der Waals surface area (Å²) in [6.07, 6.45) is 6.56. The van der Waals surface area contributed by atoms with E-state index in [4.69, 9.17) is 15.0 Å². The SMILES string of the molecule is NC1CCCC(c2nc(C3CCCOC3)no2)C1. The molecule has 1 aromatic heterocycles. The highest BCUT2D eigenvalue weighted by Gasteiger charge is 2.27. The van der Waals surface area contributed by atoms with Crippen LogP contribution >= 0.6 is 0 Å². The normalized spacial score (nSPS) is 33.5. The maximum Gasteiger partial charge on any atom is 0.229 e. The average molecular weight is 251 g/mol. The van der Waals surface area contributed by atoms with Crippen LogP contribution in [0.15, 0.2) is 4.52 Å². The third kappa shape index (κ3) is 2.57. The predicted octanol–water partition coefficient (Wildman–Crippen LogP) is 1.95. The molecule has 3 atom stereocenters. The van der Waals surface area contributed by atoms with E-state index in [1.54, 1.807) is 0 Å². The second kappa shape index (κ2) is 5.36. The molecule has 2 heterocycles. The van der Waals surface area contributed by atoms with E-state index in [9.17, 15) is 0 Å². The van der Waals surface area contributed by atoms with Gasteiger partial charge in [-0.3, -0.25) is 0 Å². The fraction of sp³-hybridized carbons (Fsp3) is 0.846. The Kier molecular flexibility index (Phi) is 3.61. The quantitative estimate of drug-likeness (QED) is 0.869. The Bertz CT molecular complexity index is 387. The summed E-state index contributed by atoms with van der Waals surface area (Å²) in [6, 6.07) is 0.289. The van der Waals surface area contributed by atoms with Crippen molar-refractivity contribution in [2.24, 2.45) is 5.73 Å². The van der Waals surface area contributed by atoms with Crippen molar-refractivity contribution in [1.29, 1.82) is 0 Å². The maximum atomic E-state index is 6.00. The largest absolute Gasteiger partial charge is 0.381 e. The van der Waals surface area contributed by atoms with Gasteiger partial charge in [0, 0.05) is 24.5 Å². The number of aromatic nitrogens is 2. The fourth-order valence-corrected chi connectivity index (χ4v) is 2.98. The van der Waals surface area contributed by atoms with Gasteiger partial charge in [0.2, 0.25) is 5.89 Å². The molecule has 5 heteroatoms. The molecule has 0 radical (unpaired) electrons. The lowest BCUT2D eigenvalue weighted by molar-refractivity contribution is 0.0773. The zero-order valence-corrected chi connectivity index (χ0v) is 10.7. The molecule has 0 aromatic carbocycles. The van der Waals surface area contributed by atoms with E-state index in [2.05, 4.69) is 10.1 Å². The maximum absolute atomic E-state index is 6.00. The van der Waals surface area contributed by atoms with E-state index in [1.807, 2.05) is 0 Å². The first-order chi connectivity index (χ1) is 8.83. The molecule has 3 rings (SSSR count). The Morgan fingerprint density at radius 3 is 2.78 bits per heavy atom. The first-order valence-electron chi connectivity index (χ1n) is 7.00. The lowest BCUT2D eigenvalue weighted by Gasteiger charge is -2.23. The molecular formula is C13H21N3O2. The predicted molar refractivity (Wildman–Crippen MR) is 66.3 cm³/mol. The van der Waals surface area contributed by atoms with Crippen LogP contribution in [0, 0.1) is 0 Å². The molecule has 2 aliphatic rings. The minimum atomic E-state index is 0.289. The summed E-state index contributed by atoms with van der Waals surface area (Å²) in [7, 11) is 0. The summed E-state index contributed by atoms with van der Waals surface area (Å²) in [6.45, 7) is 1.59. The number of nitrogens with two attached hydrogens (primary N) is 1. The van der Waals surface area contributed by atoms with Crippen LogP contribution in [0.2, 0.25) is 0 Å². The summed E-state index contributed by atoms with van der Waals surface area (Å²) in [5.74, 6) is 2.28. The number of rotatable bonds is 2. The standard InChI is InChI=1S/C13H21N3O2/c14-11-5-1-3-9(7-11)13-15-12(16-18-13)10-4-2-6-17-8-10/h9-11H,1-8,14H2. The minimum absolute atomic E-state index is 0.289. The van der Waals surface area contributed by atoms with E-state index in [0.29, 0.717) is 11.8 Å². The van der Waals surface area contributed by atoms with Crippen LogP contribution in [0.25, 0.3) is 0 Å². The zero-order valence-electron chi connectivity index (χ0n) is 10.7. The van der Waals surface area contributed by atoms with E-state index in [0.717, 1.165) is 63.5 Å². The Balaban J connectivity index is 1.68. The molecular weight excluding hydrogens is 230 g/mol. The highest BCUT2D eigenvalue weighted by molar-refractivity contribution is 5.01. The molecule has 18 heavy (non-hydrogen) atoms. The summed E-state index contributed by atoms with van der Waals surface area (Å²) in [5, 5.41) is 4.13. The molecule has 0 spiro atoms. The van der Waals surface area contributed by atoms with Crippen molar-refractivity contribution < 1.29 is 9.26 Å². The molecule has 0 bridgehead atoms. The lowest BCUT2D eigenvalue weighted by atomic mass is 9.86. The zero-order chi connectivity index (χ0) is 12.4. The van der Waals surface area contributed by atoms with Gasteiger partial charge < -0.3 is 15.0 Å². The Labute approximate surface area is 107 Å². The van der Waals surface area contributed by atoms with Gasteiger partial charge in [0.15, 0.2) is 5.82 Å². The topological polar surface area (TPSA) is 74.2 Å². The number of ether oxygens (including phenoxy) is 1. The summed E-state index contributed by atoms with van der Waals surface area (Å²) in [5.41, 5.74) is 6.00. The molecule has 1 aromatic rings. The van der Waals surface area contributed by atoms with Crippen LogP contribution in [0.4, 0.5) is 0 Å². The molecule has 100 valence electrons. The molecule has 1 saturated heterocycles. The molecule has 2 fully saturated rings. The van der Waals surface area contributed by atoms with Crippen molar-refractivity contribution >= 4 is 0 Å². The van der Waals surface area contributed by atoms with Crippen molar-refractivity contribution in [1.82, 2.24) is 10.1 Å². The van der Waals surface area contributed by atoms with E-state index < -0.39 is 0 Å². The van der Waals surface area contributed by atoms with Gasteiger partial charge in [-0.1, -0.05) is 11.6 Å². The Morgan fingerprint density at radius 1 is 1.11 bits per heavy atom. The van der Waals surface area contributed by atoms with Crippen LogP contribution in [-0.4, -0.2) is 29.4 Å². The summed E-state index contributed by atoms with van der Waals surface area (Å²) < 4.78 is 10.9. The molecule has 5 nitrogen and oxygen atoms in total. The summed E-state index contributed by atoms with van der Waals surface area (Å²) >= 11 is 0. The van der Waals surface area contributed by atoms with Gasteiger partial charge in [-0.2, -0.15) is 4.98 Å². The van der Waals surface area contributed by atoms with Crippen molar-refractivity contribution in [3.63, 3.8) is 0 Å². The van der Waals surface area contributed by atoms with Gasteiger partial charge in [-0.05, 0) is 32.1 Å². The van der Waals surface area contributed by atoms with Gasteiger partial charge in [0.05, 0.1) is 6.61 Å². The van der Waals surface area contributed by atoms with Gasteiger partial charge in [0.25, 0.3) is 0 Å². The lowest BCUT2D eigenvalue weighted by Crippen LogP contribution is -2.27. The Hall–Kier alpha value is -0.940. The molecule has 1 aliphatic carbocycles. The third-order valence-corrected chi connectivity index (χ3v) is 4.05. The second-order valence-electron chi connectivity index (χ2n) is 5.53. The molecule has 1 aliphatic heterocycles. The smallest absolute Gasteiger partial charge is 0.229 e. The van der Waals surface area contributed by atoms with Crippen molar-refractivity contribution in [3.8, 4) is 0 Å². The van der Waals surface area contributed by atoms with Crippen LogP contribution in [0.1, 0.15) is 62.1 Å². The molecule has 3 unspecified atom stereocenters. The van der Waals surface area contributed by atoms with E-state index in [1.165, 1.54) is 0 Å². The van der Waals surface area contributed by atoms with Gasteiger partial charge in [-0.25, -0.2) is 0 Å². The van der Waals surface area contributed by atoms with Crippen LogP contribution < -0.4 is 5.73 Å². The van der Waals surface area contributed by atoms with Gasteiger partial charge in [-0.15, -0.1) is 0 Å². The third-order valence-electron chi connectivity index (χ3n) is 4.05. The second-order valence-corrected chi connectivity index (χ2v) is 5.53. The number of nitrogens with zero attached hydrogens (tertiary/aromatic N) is 2. The van der Waals surface area contributed by atoms with E-state index >= 15 is 0 Å². The number of hydrogen-bond donors (Lipinski definition) is 1. The first-order valence-corrected chi connectivity index (χ1v) is 7.00. The van der Waals surface area contributed by atoms with Crippen LogP contribution in [-0.2, 0) is 4.74 Å². The van der Waals surface area contributed by atoms with Gasteiger partial charge in [0.1, 0.15) is 0 Å². The van der Waals surface area contributed by atoms with Crippen LogP contribution in [0.5, 0.6) is 0 Å². The molecule has 1 saturated carbocycles. The van der Waals surface area contributed by atoms with Gasteiger partial charge >= 0.3 is 0 Å². The molecule has 0 amide bonds. The average Bonchev–Trinajstić information content (AvgIpc) is 2.89. The van der Waals surface area contributed by atoms with Crippen molar-refractivity contribution in [2.45, 2.75) is 56.4 Å².